The first kappa shape index (κ1) is 25.0. The highest BCUT2D eigenvalue weighted by Gasteiger charge is 2.24. The molecule has 3 aromatic carbocycles. The van der Waals surface area contributed by atoms with Crippen molar-refractivity contribution in [1.29, 1.82) is 0 Å². The summed E-state index contributed by atoms with van der Waals surface area (Å²) < 4.78 is 0. The van der Waals surface area contributed by atoms with E-state index in [2.05, 4.69) is 16.0 Å². The maximum atomic E-state index is 13.2. The number of alkyl halides is 1. The van der Waals surface area contributed by atoms with E-state index in [1.165, 1.54) is 6.92 Å². The minimum absolute atomic E-state index is 0.193. The van der Waals surface area contributed by atoms with Crippen molar-refractivity contribution in [2.24, 2.45) is 0 Å². The smallest absolute Gasteiger partial charge is 0.251 e. The monoisotopic (exact) mass is 477 g/mol. The van der Waals surface area contributed by atoms with Gasteiger partial charge < -0.3 is 16.0 Å². The number of rotatable bonds is 10. The van der Waals surface area contributed by atoms with E-state index in [9.17, 15) is 14.4 Å². The molecular formula is C27H28ClN3O3. The van der Waals surface area contributed by atoms with Gasteiger partial charge >= 0.3 is 0 Å². The Morgan fingerprint density at radius 1 is 0.765 bits per heavy atom. The number of carbonyl (C=O) groups is 3. The second kappa shape index (κ2) is 12.6. The van der Waals surface area contributed by atoms with Crippen LogP contribution < -0.4 is 16.0 Å². The molecule has 0 heterocycles. The van der Waals surface area contributed by atoms with E-state index in [1.54, 1.807) is 24.3 Å². The van der Waals surface area contributed by atoms with Gasteiger partial charge in [0.05, 0.1) is 0 Å². The van der Waals surface area contributed by atoms with E-state index in [0.29, 0.717) is 24.1 Å². The van der Waals surface area contributed by atoms with E-state index in [1.807, 2.05) is 60.7 Å². The van der Waals surface area contributed by atoms with Gasteiger partial charge in [0.1, 0.15) is 6.04 Å². The lowest BCUT2D eigenvalue weighted by Crippen LogP contribution is -2.51. The maximum Gasteiger partial charge on any atom is 0.251 e. The molecular weight excluding hydrogens is 450 g/mol. The Morgan fingerprint density at radius 2 is 1.32 bits per heavy atom. The largest absolute Gasteiger partial charge is 0.350 e. The molecule has 0 aliphatic carbocycles. The number of anilines is 1. The summed E-state index contributed by atoms with van der Waals surface area (Å²) in [5, 5.41) is 8.51. The van der Waals surface area contributed by atoms with Gasteiger partial charge in [0.25, 0.3) is 5.91 Å². The minimum atomic E-state index is -0.786. The number of benzene rings is 3. The lowest BCUT2D eigenvalue weighted by atomic mass is 10.0. The third kappa shape index (κ3) is 7.74. The summed E-state index contributed by atoms with van der Waals surface area (Å²) in [5.74, 6) is -0.622. The van der Waals surface area contributed by atoms with Gasteiger partial charge in [-0.2, -0.15) is 0 Å². The second-order valence-corrected chi connectivity index (χ2v) is 8.33. The number of halogens is 1. The van der Waals surface area contributed by atoms with E-state index >= 15 is 0 Å². The molecule has 3 aromatic rings. The van der Waals surface area contributed by atoms with Crippen LogP contribution in [0.3, 0.4) is 0 Å². The zero-order valence-corrected chi connectivity index (χ0v) is 19.7. The van der Waals surface area contributed by atoms with Crippen molar-refractivity contribution in [2.75, 3.05) is 11.2 Å². The van der Waals surface area contributed by atoms with Crippen molar-refractivity contribution in [3.05, 3.63) is 102 Å². The first-order chi connectivity index (χ1) is 16.4. The molecule has 0 saturated carbocycles. The Bertz CT molecular complexity index is 1090. The molecule has 2 atom stereocenters. The van der Waals surface area contributed by atoms with Crippen LogP contribution in [-0.2, 0) is 22.4 Å². The molecule has 3 amide bonds. The maximum absolute atomic E-state index is 13.2. The fourth-order valence-electron chi connectivity index (χ4n) is 3.55. The third-order valence-electron chi connectivity index (χ3n) is 5.23. The van der Waals surface area contributed by atoms with Crippen LogP contribution in [0.1, 0.15) is 28.4 Å². The van der Waals surface area contributed by atoms with E-state index in [0.717, 1.165) is 11.1 Å². The number of carbonyl (C=O) groups excluding carboxylic acids is 3. The van der Waals surface area contributed by atoms with Crippen molar-refractivity contribution in [3.8, 4) is 0 Å². The summed E-state index contributed by atoms with van der Waals surface area (Å²) >= 11 is 6.15. The summed E-state index contributed by atoms with van der Waals surface area (Å²) in [4.78, 5) is 37.4. The third-order valence-corrected chi connectivity index (χ3v) is 5.60. The lowest BCUT2D eigenvalue weighted by molar-refractivity contribution is -0.123. The zero-order valence-electron chi connectivity index (χ0n) is 19.0. The molecule has 3 rings (SSSR count). The predicted molar refractivity (Wildman–Crippen MR) is 135 cm³/mol. The van der Waals surface area contributed by atoms with Gasteiger partial charge in [-0.15, -0.1) is 11.6 Å². The normalized spacial score (nSPS) is 12.3. The molecule has 0 bridgehead atoms. The molecule has 2 unspecified atom stereocenters. The molecule has 0 aromatic heterocycles. The lowest BCUT2D eigenvalue weighted by Gasteiger charge is -2.23. The molecule has 176 valence electrons. The Balaban J connectivity index is 1.72. The number of hydrogen-bond donors (Lipinski definition) is 3. The van der Waals surface area contributed by atoms with Crippen molar-refractivity contribution in [1.82, 2.24) is 10.6 Å². The van der Waals surface area contributed by atoms with Crippen LogP contribution in [0, 0.1) is 0 Å². The highest BCUT2D eigenvalue weighted by molar-refractivity contribution is 6.18. The molecule has 0 radical (unpaired) electrons. The Morgan fingerprint density at radius 3 is 1.85 bits per heavy atom. The predicted octanol–water partition coefficient (Wildman–Crippen LogP) is 3.95. The Labute approximate surface area is 204 Å². The molecule has 0 spiro atoms. The first-order valence-electron chi connectivity index (χ1n) is 11.1. The molecule has 3 N–H and O–H groups in total. The molecule has 34 heavy (non-hydrogen) atoms. The summed E-state index contributed by atoms with van der Waals surface area (Å²) in [5.41, 5.74) is 2.97. The SMILES string of the molecule is CC(=O)Nc1ccc(C(=O)NC(Cc2ccccc2)C(=O)NC(CCl)Cc2ccccc2)cc1. The van der Waals surface area contributed by atoms with Crippen LogP contribution in [0.25, 0.3) is 0 Å². The van der Waals surface area contributed by atoms with Gasteiger partial charge in [0.2, 0.25) is 11.8 Å². The van der Waals surface area contributed by atoms with Crippen LogP contribution in [-0.4, -0.2) is 35.7 Å². The van der Waals surface area contributed by atoms with Crippen LogP contribution in [0.4, 0.5) is 5.69 Å². The van der Waals surface area contributed by atoms with Crippen molar-refractivity contribution in [2.45, 2.75) is 31.8 Å². The van der Waals surface area contributed by atoms with Crippen molar-refractivity contribution >= 4 is 35.0 Å². The van der Waals surface area contributed by atoms with Gasteiger partial charge in [-0.25, -0.2) is 0 Å². The van der Waals surface area contributed by atoms with Crippen LogP contribution in [0.15, 0.2) is 84.9 Å². The van der Waals surface area contributed by atoms with Crippen LogP contribution in [0.5, 0.6) is 0 Å². The van der Waals surface area contributed by atoms with Crippen molar-refractivity contribution in [3.63, 3.8) is 0 Å². The van der Waals surface area contributed by atoms with E-state index in [-0.39, 0.29) is 29.6 Å². The van der Waals surface area contributed by atoms with Crippen LogP contribution in [0.2, 0.25) is 0 Å². The fourth-order valence-corrected chi connectivity index (χ4v) is 3.74. The van der Waals surface area contributed by atoms with E-state index in [4.69, 9.17) is 11.6 Å². The van der Waals surface area contributed by atoms with Crippen LogP contribution >= 0.6 is 11.6 Å². The molecule has 0 fully saturated rings. The molecule has 0 aliphatic heterocycles. The quantitative estimate of drug-likeness (QED) is 0.386. The first-order valence-corrected chi connectivity index (χ1v) is 11.6. The molecule has 7 heteroatoms. The molecule has 0 saturated heterocycles. The number of nitrogens with one attached hydrogen (secondary N) is 3. The van der Waals surface area contributed by atoms with Gasteiger partial charge in [-0.3, -0.25) is 14.4 Å². The highest BCUT2D eigenvalue weighted by atomic mass is 35.5. The standard InChI is InChI=1S/C27H28ClN3O3/c1-19(32)29-23-14-12-22(13-15-23)26(33)31-25(17-21-10-6-3-7-11-21)27(34)30-24(18-28)16-20-8-4-2-5-9-20/h2-15,24-25H,16-18H2,1H3,(H,29,32)(H,30,34)(H,31,33). The van der Waals surface area contributed by atoms with Gasteiger partial charge in [0.15, 0.2) is 0 Å². The fraction of sp³-hybridized carbons (Fsp3) is 0.222. The van der Waals surface area contributed by atoms with Gasteiger partial charge in [0, 0.05) is 36.5 Å². The Hall–Kier alpha value is -3.64. The minimum Gasteiger partial charge on any atom is -0.350 e. The zero-order chi connectivity index (χ0) is 24.3. The summed E-state index contributed by atoms with van der Waals surface area (Å²) in [6.07, 6.45) is 0.926. The second-order valence-electron chi connectivity index (χ2n) is 8.02. The van der Waals surface area contributed by atoms with Gasteiger partial charge in [-0.05, 0) is 41.8 Å². The van der Waals surface area contributed by atoms with E-state index < -0.39 is 6.04 Å². The highest BCUT2D eigenvalue weighted by Crippen LogP contribution is 2.11. The number of amides is 3. The van der Waals surface area contributed by atoms with Crippen molar-refractivity contribution < 1.29 is 14.4 Å². The summed E-state index contributed by atoms with van der Waals surface area (Å²) in [6.45, 7) is 1.42. The molecule has 0 aliphatic rings. The molecule has 6 nitrogen and oxygen atoms in total. The average molecular weight is 478 g/mol. The summed E-state index contributed by atoms with van der Waals surface area (Å²) in [7, 11) is 0. The van der Waals surface area contributed by atoms with Gasteiger partial charge in [-0.1, -0.05) is 60.7 Å². The topological polar surface area (TPSA) is 87.3 Å². The summed E-state index contributed by atoms with van der Waals surface area (Å²) in [6, 6.07) is 24.7. The Kier molecular flexibility index (Phi) is 9.23. The number of hydrogen-bond acceptors (Lipinski definition) is 3. The average Bonchev–Trinajstić information content (AvgIpc) is 2.84.